The first kappa shape index (κ1) is 15.9. The summed E-state index contributed by atoms with van der Waals surface area (Å²) < 4.78 is 9.98. The van der Waals surface area contributed by atoms with Gasteiger partial charge in [0.1, 0.15) is 11.8 Å². The van der Waals surface area contributed by atoms with E-state index < -0.39 is 0 Å². The molecule has 0 spiro atoms. The third kappa shape index (κ3) is 5.53. The lowest BCUT2D eigenvalue weighted by molar-refractivity contribution is -0.142. The van der Waals surface area contributed by atoms with Crippen LogP contribution in [0.1, 0.15) is 13.3 Å². The van der Waals surface area contributed by atoms with E-state index in [1.807, 2.05) is 24.3 Å². The monoisotopic (exact) mass is 283 g/mol. The first-order valence-corrected chi connectivity index (χ1v) is 7.27. The zero-order valence-electron chi connectivity index (χ0n) is 11.6. The molecule has 0 aliphatic rings. The van der Waals surface area contributed by atoms with Crippen LogP contribution in [0.25, 0.3) is 0 Å². The number of carbonyl (C=O) groups excluding carboxylic acids is 1. The second-order valence-corrected chi connectivity index (χ2v) is 5.11. The van der Waals surface area contributed by atoms with Gasteiger partial charge in [-0.15, -0.1) is 11.8 Å². The van der Waals surface area contributed by atoms with E-state index in [1.165, 1.54) is 7.11 Å². The van der Waals surface area contributed by atoms with Crippen molar-refractivity contribution in [2.75, 3.05) is 26.5 Å². The van der Waals surface area contributed by atoms with Gasteiger partial charge >= 0.3 is 5.97 Å². The van der Waals surface area contributed by atoms with E-state index in [2.05, 4.69) is 12.2 Å². The van der Waals surface area contributed by atoms with Gasteiger partial charge in [-0.3, -0.25) is 4.79 Å². The summed E-state index contributed by atoms with van der Waals surface area (Å²) in [7, 11) is 3.06. The highest BCUT2D eigenvalue weighted by atomic mass is 32.2. The lowest BCUT2D eigenvalue weighted by Crippen LogP contribution is -2.40. The van der Waals surface area contributed by atoms with Gasteiger partial charge in [0.15, 0.2) is 0 Å². The highest BCUT2D eigenvalue weighted by Crippen LogP contribution is 2.23. The quantitative estimate of drug-likeness (QED) is 0.586. The number of esters is 1. The van der Waals surface area contributed by atoms with Gasteiger partial charge < -0.3 is 14.8 Å². The Labute approximate surface area is 118 Å². The first-order valence-electron chi connectivity index (χ1n) is 6.29. The van der Waals surface area contributed by atoms with Crippen molar-refractivity contribution in [3.63, 3.8) is 0 Å². The molecule has 0 bridgehead atoms. The third-order valence-corrected chi connectivity index (χ3v) is 3.67. The maximum absolute atomic E-state index is 11.6. The van der Waals surface area contributed by atoms with Crippen LogP contribution in [0, 0.1) is 0 Å². The van der Waals surface area contributed by atoms with Gasteiger partial charge in [0.2, 0.25) is 0 Å². The number of carbonyl (C=O) groups is 1. The van der Waals surface area contributed by atoms with Crippen LogP contribution in [0.15, 0.2) is 29.2 Å². The minimum atomic E-state index is -0.277. The van der Waals surface area contributed by atoms with Gasteiger partial charge in [0.05, 0.1) is 14.2 Å². The van der Waals surface area contributed by atoms with Crippen LogP contribution in [-0.4, -0.2) is 38.5 Å². The summed E-state index contributed by atoms with van der Waals surface area (Å²) in [5, 5.41) is 3.19. The Balaban J connectivity index is 2.56. The van der Waals surface area contributed by atoms with Crippen molar-refractivity contribution >= 4 is 17.7 Å². The van der Waals surface area contributed by atoms with E-state index in [0.717, 1.165) is 23.6 Å². The summed E-state index contributed by atoms with van der Waals surface area (Å²) in [5.74, 6) is 1.24. The van der Waals surface area contributed by atoms with Crippen LogP contribution >= 0.6 is 11.8 Å². The zero-order chi connectivity index (χ0) is 14.1. The number of nitrogens with one attached hydrogen (secondary N) is 1. The van der Waals surface area contributed by atoms with Gasteiger partial charge in [-0.05, 0) is 31.2 Å². The van der Waals surface area contributed by atoms with E-state index in [0.29, 0.717) is 5.75 Å². The van der Waals surface area contributed by atoms with Crippen molar-refractivity contribution in [3.05, 3.63) is 24.3 Å². The molecule has 1 N–H and O–H groups in total. The molecule has 0 radical (unpaired) electrons. The molecule has 0 heterocycles. The highest BCUT2D eigenvalue weighted by molar-refractivity contribution is 7.99. The molecule has 1 unspecified atom stereocenters. The van der Waals surface area contributed by atoms with E-state index in [9.17, 15) is 4.79 Å². The lowest BCUT2D eigenvalue weighted by atomic mass is 10.3. The Morgan fingerprint density at radius 1 is 1.42 bits per heavy atom. The lowest BCUT2D eigenvalue weighted by Gasteiger charge is -2.15. The Bertz CT molecular complexity index is 398. The topological polar surface area (TPSA) is 47.6 Å². The van der Waals surface area contributed by atoms with Gasteiger partial charge in [0.25, 0.3) is 0 Å². The smallest absolute Gasteiger partial charge is 0.323 e. The third-order valence-electron chi connectivity index (χ3n) is 2.58. The standard InChI is InChI=1S/C14H21NO3S/c1-4-8-15-13(14(16)18-3)10-19-12-7-5-6-11(9-12)17-2/h5-7,9,13,15H,4,8,10H2,1-3H3. The molecule has 4 nitrogen and oxygen atoms in total. The summed E-state index contributed by atoms with van der Waals surface area (Å²) in [6, 6.07) is 7.52. The SMILES string of the molecule is CCCNC(CSc1cccc(OC)c1)C(=O)OC. The molecule has 0 aliphatic carbocycles. The van der Waals surface area contributed by atoms with Crippen molar-refractivity contribution in [1.82, 2.24) is 5.32 Å². The van der Waals surface area contributed by atoms with Gasteiger partial charge in [0, 0.05) is 10.6 Å². The molecule has 1 aromatic rings. The van der Waals surface area contributed by atoms with Crippen molar-refractivity contribution in [2.24, 2.45) is 0 Å². The fourth-order valence-electron chi connectivity index (χ4n) is 1.54. The molecular weight excluding hydrogens is 262 g/mol. The number of thioether (sulfide) groups is 1. The normalized spacial score (nSPS) is 11.9. The summed E-state index contributed by atoms with van der Waals surface area (Å²) in [6.07, 6.45) is 0.983. The van der Waals surface area contributed by atoms with E-state index in [4.69, 9.17) is 9.47 Å². The van der Waals surface area contributed by atoms with Crippen LogP contribution in [0.4, 0.5) is 0 Å². The van der Waals surface area contributed by atoms with Crippen molar-refractivity contribution < 1.29 is 14.3 Å². The summed E-state index contributed by atoms with van der Waals surface area (Å²) in [4.78, 5) is 12.7. The summed E-state index contributed by atoms with van der Waals surface area (Å²) in [6.45, 7) is 2.87. The Morgan fingerprint density at radius 3 is 2.84 bits per heavy atom. The van der Waals surface area contributed by atoms with E-state index in [-0.39, 0.29) is 12.0 Å². The maximum Gasteiger partial charge on any atom is 0.323 e. The second-order valence-electron chi connectivity index (χ2n) is 4.02. The van der Waals surface area contributed by atoms with Crippen molar-refractivity contribution in [2.45, 2.75) is 24.3 Å². The second kappa shape index (κ2) is 8.82. The summed E-state index contributed by atoms with van der Waals surface area (Å²) >= 11 is 1.61. The van der Waals surface area contributed by atoms with Crippen molar-refractivity contribution in [1.29, 1.82) is 0 Å². The molecular formula is C14H21NO3S. The molecule has 0 saturated heterocycles. The predicted octanol–water partition coefficient (Wildman–Crippen LogP) is 2.33. The Hall–Kier alpha value is -1.20. The fraction of sp³-hybridized carbons (Fsp3) is 0.500. The minimum Gasteiger partial charge on any atom is -0.497 e. The molecule has 106 valence electrons. The number of hydrogen-bond acceptors (Lipinski definition) is 5. The average Bonchev–Trinajstić information content (AvgIpc) is 2.46. The molecule has 19 heavy (non-hydrogen) atoms. The minimum absolute atomic E-state index is 0.219. The van der Waals surface area contributed by atoms with Gasteiger partial charge in [-0.2, -0.15) is 0 Å². The van der Waals surface area contributed by atoms with Crippen LogP contribution < -0.4 is 10.1 Å². The molecule has 0 aromatic heterocycles. The molecule has 0 fully saturated rings. The molecule has 5 heteroatoms. The average molecular weight is 283 g/mol. The molecule has 0 amide bonds. The highest BCUT2D eigenvalue weighted by Gasteiger charge is 2.18. The maximum atomic E-state index is 11.6. The first-order chi connectivity index (χ1) is 9.21. The van der Waals surface area contributed by atoms with Crippen LogP contribution in [0.2, 0.25) is 0 Å². The number of rotatable bonds is 8. The fourth-order valence-corrected chi connectivity index (χ4v) is 2.53. The predicted molar refractivity (Wildman–Crippen MR) is 77.8 cm³/mol. The van der Waals surface area contributed by atoms with Crippen LogP contribution in [0.3, 0.4) is 0 Å². The van der Waals surface area contributed by atoms with E-state index in [1.54, 1.807) is 18.9 Å². The Kier molecular flexibility index (Phi) is 7.36. The molecule has 1 atom stereocenters. The zero-order valence-corrected chi connectivity index (χ0v) is 12.5. The van der Waals surface area contributed by atoms with Gasteiger partial charge in [-0.25, -0.2) is 0 Å². The number of ether oxygens (including phenoxy) is 2. The molecule has 1 rings (SSSR count). The molecule has 0 aliphatic heterocycles. The number of benzene rings is 1. The number of methoxy groups -OCH3 is 2. The van der Waals surface area contributed by atoms with Crippen LogP contribution in [-0.2, 0) is 9.53 Å². The Morgan fingerprint density at radius 2 is 2.21 bits per heavy atom. The molecule has 0 saturated carbocycles. The van der Waals surface area contributed by atoms with Crippen LogP contribution in [0.5, 0.6) is 5.75 Å². The van der Waals surface area contributed by atoms with E-state index >= 15 is 0 Å². The largest absolute Gasteiger partial charge is 0.497 e. The summed E-state index contributed by atoms with van der Waals surface area (Å²) in [5.41, 5.74) is 0. The molecule has 1 aromatic carbocycles. The van der Waals surface area contributed by atoms with Crippen molar-refractivity contribution in [3.8, 4) is 5.75 Å². The van der Waals surface area contributed by atoms with Gasteiger partial charge in [-0.1, -0.05) is 13.0 Å². The number of hydrogen-bond donors (Lipinski definition) is 1.